The Morgan fingerprint density at radius 1 is 1.09 bits per heavy atom. The standard InChI is InChI=1S/C25H23ClN2O4/c1-16-21(10-12-32-24(29)13-17-9-11-27-15-17)22-14-20(31-2)7-8-23(22)28(16)25(30)18-3-5-19(26)6-4-18/h3-9,11,14-15,27H,10,12-13H2,1-2H3. The monoisotopic (exact) mass is 450 g/mol. The molecule has 0 atom stereocenters. The molecule has 0 amide bonds. The van der Waals surface area contributed by atoms with Crippen molar-refractivity contribution >= 4 is 34.4 Å². The van der Waals surface area contributed by atoms with E-state index < -0.39 is 0 Å². The van der Waals surface area contributed by atoms with E-state index in [-0.39, 0.29) is 24.9 Å². The van der Waals surface area contributed by atoms with Crippen LogP contribution in [0.3, 0.4) is 0 Å². The van der Waals surface area contributed by atoms with Crippen LogP contribution in [0, 0.1) is 6.92 Å². The highest BCUT2D eigenvalue weighted by Gasteiger charge is 2.20. The van der Waals surface area contributed by atoms with E-state index in [0.29, 0.717) is 22.8 Å². The van der Waals surface area contributed by atoms with Crippen molar-refractivity contribution in [3.05, 3.63) is 88.3 Å². The first-order valence-corrected chi connectivity index (χ1v) is 10.6. The Morgan fingerprint density at radius 3 is 2.56 bits per heavy atom. The van der Waals surface area contributed by atoms with Gasteiger partial charge in [0.25, 0.3) is 5.91 Å². The minimum atomic E-state index is -0.291. The Hall–Kier alpha value is -3.51. The lowest BCUT2D eigenvalue weighted by molar-refractivity contribution is -0.142. The predicted molar refractivity (Wildman–Crippen MR) is 124 cm³/mol. The second-order valence-electron chi connectivity index (χ2n) is 7.46. The minimum Gasteiger partial charge on any atom is -0.497 e. The second-order valence-corrected chi connectivity index (χ2v) is 7.90. The van der Waals surface area contributed by atoms with Gasteiger partial charge in [-0.3, -0.25) is 14.2 Å². The van der Waals surface area contributed by atoms with Gasteiger partial charge in [-0.25, -0.2) is 0 Å². The third-order valence-electron chi connectivity index (χ3n) is 5.46. The molecule has 2 aromatic carbocycles. The van der Waals surface area contributed by atoms with E-state index in [4.69, 9.17) is 21.1 Å². The number of nitrogens with zero attached hydrogens (tertiary/aromatic N) is 1. The first kappa shape index (κ1) is 21.7. The zero-order valence-electron chi connectivity index (χ0n) is 17.9. The van der Waals surface area contributed by atoms with Crippen LogP contribution in [-0.2, 0) is 22.4 Å². The van der Waals surface area contributed by atoms with E-state index in [9.17, 15) is 9.59 Å². The molecule has 2 heterocycles. The lowest BCUT2D eigenvalue weighted by Gasteiger charge is -2.08. The van der Waals surface area contributed by atoms with Crippen molar-refractivity contribution in [1.82, 2.24) is 9.55 Å². The molecule has 7 heteroatoms. The number of fused-ring (bicyclic) bond motifs is 1. The molecule has 0 saturated heterocycles. The number of hydrogen-bond acceptors (Lipinski definition) is 4. The van der Waals surface area contributed by atoms with Crippen LogP contribution in [0.5, 0.6) is 5.75 Å². The molecule has 0 radical (unpaired) electrons. The molecular weight excluding hydrogens is 428 g/mol. The molecule has 0 aliphatic heterocycles. The van der Waals surface area contributed by atoms with Crippen LogP contribution >= 0.6 is 11.6 Å². The van der Waals surface area contributed by atoms with Crippen LogP contribution in [0.1, 0.15) is 27.2 Å². The molecule has 6 nitrogen and oxygen atoms in total. The Labute approximate surface area is 190 Å². The fourth-order valence-electron chi connectivity index (χ4n) is 3.84. The zero-order chi connectivity index (χ0) is 22.7. The maximum Gasteiger partial charge on any atom is 0.310 e. The van der Waals surface area contributed by atoms with E-state index in [1.807, 2.05) is 31.2 Å². The van der Waals surface area contributed by atoms with Gasteiger partial charge in [0.15, 0.2) is 0 Å². The summed E-state index contributed by atoms with van der Waals surface area (Å²) >= 11 is 5.98. The van der Waals surface area contributed by atoms with Gasteiger partial charge in [0.05, 0.1) is 25.7 Å². The molecule has 0 unspecified atom stereocenters. The Balaban J connectivity index is 1.62. The third kappa shape index (κ3) is 4.41. The number of benzene rings is 2. The van der Waals surface area contributed by atoms with Crippen LogP contribution in [0.15, 0.2) is 60.9 Å². The van der Waals surface area contributed by atoms with Crippen molar-refractivity contribution in [1.29, 1.82) is 0 Å². The molecule has 164 valence electrons. The maximum atomic E-state index is 13.3. The number of halogens is 1. The molecule has 0 bridgehead atoms. The molecule has 4 rings (SSSR count). The summed E-state index contributed by atoms with van der Waals surface area (Å²) in [4.78, 5) is 28.4. The summed E-state index contributed by atoms with van der Waals surface area (Å²) in [6, 6.07) is 14.3. The first-order chi connectivity index (χ1) is 15.5. The van der Waals surface area contributed by atoms with E-state index in [0.717, 1.165) is 27.7 Å². The summed E-state index contributed by atoms with van der Waals surface area (Å²) in [5.41, 5.74) is 3.93. The number of esters is 1. The number of rotatable bonds is 7. The first-order valence-electron chi connectivity index (χ1n) is 10.2. The summed E-state index contributed by atoms with van der Waals surface area (Å²) in [5.74, 6) is 0.255. The highest BCUT2D eigenvalue weighted by Crippen LogP contribution is 2.31. The molecule has 2 aromatic heterocycles. The fraction of sp³-hybridized carbons (Fsp3) is 0.200. The number of H-pyrrole nitrogens is 1. The number of nitrogens with one attached hydrogen (secondary N) is 1. The van der Waals surface area contributed by atoms with Crippen LogP contribution in [0.2, 0.25) is 5.02 Å². The number of ether oxygens (including phenoxy) is 2. The molecule has 0 saturated carbocycles. The number of aromatic nitrogens is 2. The normalized spacial score (nSPS) is 11.0. The molecule has 0 spiro atoms. The van der Waals surface area contributed by atoms with Crippen molar-refractivity contribution in [3.63, 3.8) is 0 Å². The summed E-state index contributed by atoms with van der Waals surface area (Å²) in [5, 5.41) is 1.47. The quantitative estimate of drug-likeness (QED) is 0.404. The summed E-state index contributed by atoms with van der Waals surface area (Å²) in [7, 11) is 1.60. The number of carbonyl (C=O) groups excluding carboxylic acids is 2. The molecule has 1 N–H and O–H groups in total. The van der Waals surface area contributed by atoms with Crippen LogP contribution in [0.4, 0.5) is 0 Å². The van der Waals surface area contributed by atoms with Gasteiger partial charge in [-0.15, -0.1) is 0 Å². The number of hydrogen-bond donors (Lipinski definition) is 1. The van der Waals surface area contributed by atoms with Crippen molar-refractivity contribution < 1.29 is 19.1 Å². The van der Waals surface area contributed by atoms with Gasteiger partial charge >= 0.3 is 5.97 Å². The molecular formula is C25H23ClN2O4. The summed E-state index contributed by atoms with van der Waals surface area (Å²) < 4.78 is 12.5. The molecule has 0 aliphatic rings. The molecule has 32 heavy (non-hydrogen) atoms. The fourth-order valence-corrected chi connectivity index (χ4v) is 3.97. The van der Waals surface area contributed by atoms with Gasteiger partial charge < -0.3 is 14.5 Å². The maximum absolute atomic E-state index is 13.3. The average Bonchev–Trinajstić information content (AvgIpc) is 3.39. The number of aromatic amines is 1. The number of carbonyl (C=O) groups is 2. The van der Waals surface area contributed by atoms with Crippen LogP contribution in [0.25, 0.3) is 10.9 Å². The van der Waals surface area contributed by atoms with E-state index in [2.05, 4.69) is 4.98 Å². The molecule has 4 aromatic rings. The molecule has 0 aliphatic carbocycles. The van der Waals surface area contributed by atoms with Gasteiger partial charge in [0.2, 0.25) is 0 Å². The van der Waals surface area contributed by atoms with E-state index in [1.54, 1.807) is 48.3 Å². The lowest BCUT2D eigenvalue weighted by atomic mass is 10.1. The Kier molecular flexibility index (Phi) is 6.32. The largest absolute Gasteiger partial charge is 0.497 e. The highest BCUT2D eigenvalue weighted by molar-refractivity contribution is 6.30. The Morgan fingerprint density at radius 2 is 1.88 bits per heavy atom. The minimum absolute atomic E-state index is 0.148. The highest BCUT2D eigenvalue weighted by atomic mass is 35.5. The van der Waals surface area contributed by atoms with Gasteiger partial charge in [0, 0.05) is 40.5 Å². The smallest absolute Gasteiger partial charge is 0.310 e. The lowest BCUT2D eigenvalue weighted by Crippen LogP contribution is -2.14. The van der Waals surface area contributed by atoms with Gasteiger partial charge in [-0.05, 0) is 66.6 Å². The molecule has 0 fully saturated rings. The summed E-state index contributed by atoms with van der Waals surface area (Å²) in [6.45, 7) is 2.12. The second kappa shape index (κ2) is 9.32. The average molecular weight is 451 g/mol. The van der Waals surface area contributed by atoms with Crippen molar-refractivity contribution in [2.75, 3.05) is 13.7 Å². The van der Waals surface area contributed by atoms with Gasteiger partial charge in [-0.2, -0.15) is 0 Å². The van der Waals surface area contributed by atoms with E-state index in [1.165, 1.54) is 0 Å². The zero-order valence-corrected chi connectivity index (χ0v) is 18.6. The SMILES string of the molecule is COc1ccc2c(c1)c(CCOC(=O)Cc1cc[nH]c1)c(C)n2C(=O)c1ccc(Cl)cc1. The van der Waals surface area contributed by atoms with Crippen LogP contribution < -0.4 is 4.74 Å². The van der Waals surface area contributed by atoms with Gasteiger partial charge in [0.1, 0.15) is 5.75 Å². The van der Waals surface area contributed by atoms with E-state index >= 15 is 0 Å². The van der Waals surface area contributed by atoms with Crippen molar-refractivity contribution in [3.8, 4) is 5.75 Å². The third-order valence-corrected chi connectivity index (χ3v) is 5.71. The Bertz CT molecular complexity index is 1260. The number of methoxy groups -OCH3 is 1. The van der Waals surface area contributed by atoms with Gasteiger partial charge in [-0.1, -0.05) is 11.6 Å². The topological polar surface area (TPSA) is 73.3 Å². The van der Waals surface area contributed by atoms with Crippen molar-refractivity contribution in [2.24, 2.45) is 0 Å². The van der Waals surface area contributed by atoms with Crippen molar-refractivity contribution in [2.45, 2.75) is 19.8 Å². The predicted octanol–water partition coefficient (Wildman–Crippen LogP) is 4.96. The summed E-state index contributed by atoms with van der Waals surface area (Å²) in [6.07, 6.45) is 4.24. The van der Waals surface area contributed by atoms with Crippen LogP contribution in [-0.4, -0.2) is 35.1 Å².